The first-order chi connectivity index (χ1) is 34.2. The van der Waals surface area contributed by atoms with Gasteiger partial charge in [-0.1, -0.05) is 6.92 Å². The second kappa shape index (κ2) is 25.8. The molecule has 1 N–H and O–H groups in total. The number of allylic oxidation sites excluding steroid dienone is 4. The van der Waals surface area contributed by atoms with Gasteiger partial charge < -0.3 is 47.6 Å². The SMILES string of the molecule is COC(=O)CCC1=C(CC(=O)OC)C(/C=C2\N=C(C)[C@@H](CCC(=O)OC)[C@]2(C)CC(=O)OC)=NC/1=C\c1[nH]c(/C=C2\N=C(OC)[C@@](C)(CC(=O)OC)[C@@H]2CCC(=O)OC)c(CC(=O)OC)c1CCC(=O)OC. The first-order valence-corrected chi connectivity index (χ1v) is 23.1. The Morgan fingerprint density at radius 2 is 1.00 bits per heavy atom. The van der Waals surface area contributed by atoms with E-state index < -0.39 is 70.4 Å². The molecule has 3 aliphatic rings. The number of aliphatic imine (C=N–C) groups is 3. The monoisotopic (exact) mass is 1010 g/mol. The lowest BCUT2D eigenvalue weighted by molar-refractivity contribution is -0.144. The Labute approximate surface area is 418 Å². The summed E-state index contributed by atoms with van der Waals surface area (Å²) in [5, 5.41) is 0. The Balaban J connectivity index is 2.12. The molecule has 4 atom stereocenters. The summed E-state index contributed by atoms with van der Waals surface area (Å²) >= 11 is 0. The molecule has 72 heavy (non-hydrogen) atoms. The van der Waals surface area contributed by atoms with E-state index in [0.717, 1.165) is 0 Å². The second-order valence-corrected chi connectivity index (χ2v) is 17.7. The fourth-order valence-electron chi connectivity index (χ4n) is 9.47. The Hall–Kier alpha value is -7.19. The predicted molar refractivity (Wildman–Crippen MR) is 260 cm³/mol. The fourth-order valence-corrected chi connectivity index (χ4v) is 9.47. The molecule has 21 heteroatoms. The largest absolute Gasteiger partial charge is 0.484 e. The Bertz CT molecular complexity index is 2520. The maximum Gasteiger partial charge on any atom is 0.310 e. The van der Waals surface area contributed by atoms with Crippen molar-refractivity contribution < 1.29 is 81.0 Å². The maximum atomic E-state index is 13.3. The number of carbonyl (C=O) groups excluding carboxylic acids is 8. The van der Waals surface area contributed by atoms with Crippen molar-refractivity contribution >= 4 is 77.2 Å². The van der Waals surface area contributed by atoms with Crippen LogP contribution in [0.15, 0.2) is 49.3 Å². The Morgan fingerprint density at radius 3 is 1.54 bits per heavy atom. The van der Waals surface area contributed by atoms with E-state index in [1.54, 1.807) is 32.1 Å². The van der Waals surface area contributed by atoms with Gasteiger partial charge in [-0.25, -0.2) is 9.98 Å². The topological polar surface area (TPSA) is 272 Å². The highest BCUT2D eigenvalue weighted by atomic mass is 16.5. The highest BCUT2D eigenvalue weighted by molar-refractivity contribution is 6.15. The molecule has 0 saturated heterocycles. The molecule has 0 saturated carbocycles. The molecule has 392 valence electrons. The van der Waals surface area contributed by atoms with Crippen LogP contribution < -0.4 is 0 Å². The van der Waals surface area contributed by atoms with Crippen LogP contribution in [0.2, 0.25) is 0 Å². The highest BCUT2D eigenvalue weighted by Gasteiger charge is 2.50. The third-order valence-electron chi connectivity index (χ3n) is 13.5. The molecule has 0 aliphatic carbocycles. The van der Waals surface area contributed by atoms with Gasteiger partial charge in [0.25, 0.3) is 0 Å². The van der Waals surface area contributed by atoms with Crippen LogP contribution in [-0.4, -0.2) is 134 Å². The molecule has 0 amide bonds. The molecule has 0 unspecified atom stereocenters. The summed E-state index contributed by atoms with van der Waals surface area (Å²) in [4.78, 5) is 121. The molecule has 21 nitrogen and oxygen atoms in total. The van der Waals surface area contributed by atoms with Gasteiger partial charge >= 0.3 is 47.8 Å². The van der Waals surface area contributed by atoms with Gasteiger partial charge in [-0.05, 0) is 80.0 Å². The van der Waals surface area contributed by atoms with Crippen molar-refractivity contribution in [1.29, 1.82) is 0 Å². The average Bonchev–Trinajstić information content (AvgIpc) is 4.02. The molecule has 0 spiro atoms. The van der Waals surface area contributed by atoms with Crippen molar-refractivity contribution in [3.63, 3.8) is 0 Å². The highest BCUT2D eigenvalue weighted by Crippen LogP contribution is 2.50. The van der Waals surface area contributed by atoms with Gasteiger partial charge in [0.2, 0.25) is 0 Å². The van der Waals surface area contributed by atoms with Gasteiger partial charge in [0, 0.05) is 65.7 Å². The number of aromatic nitrogens is 1. The molecule has 0 radical (unpaired) electrons. The quantitative estimate of drug-likeness (QED) is 0.105. The van der Waals surface area contributed by atoms with Crippen molar-refractivity contribution in [3.8, 4) is 0 Å². The first kappa shape index (κ1) is 57.4. The van der Waals surface area contributed by atoms with Gasteiger partial charge in [-0.3, -0.25) is 43.3 Å². The summed E-state index contributed by atoms with van der Waals surface area (Å²) in [6.07, 6.45) is 4.34. The van der Waals surface area contributed by atoms with E-state index in [1.807, 2.05) is 6.92 Å². The first-order valence-electron chi connectivity index (χ1n) is 23.1. The third-order valence-corrected chi connectivity index (χ3v) is 13.5. The van der Waals surface area contributed by atoms with Gasteiger partial charge in [-0.2, -0.15) is 0 Å². The van der Waals surface area contributed by atoms with Crippen LogP contribution >= 0.6 is 0 Å². The van der Waals surface area contributed by atoms with E-state index in [0.29, 0.717) is 57.2 Å². The van der Waals surface area contributed by atoms with Crippen molar-refractivity contribution in [2.24, 2.45) is 37.6 Å². The normalized spacial score (nSPS) is 22.0. The lowest BCUT2D eigenvalue weighted by atomic mass is 9.70. The number of methoxy groups -OCH3 is 9. The number of hydrogen-bond donors (Lipinski definition) is 1. The second-order valence-electron chi connectivity index (χ2n) is 17.7. The zero-order valence-electron chi connectivity index (χ0n) is 43.2. The summed E-state index contributed by atoms with van der Waals surface area (Å²) in [6.45, 7) is 5.40. The minimum atomic E-state index is -1.09. The van der Waals surface area contributed by atoms with E-state index in [9.17, 15) is 38.4 Å². The summed E-state index contributed by atoms with van der Waals surface area (Å²) in [5.41, 5.74) is 2.24. The van der Waals surface area contributed by atoms with Gasteiger partial charge in [0.1, 0.15) is 0 Å². The molecule has 0 bridgehead atoms. The molecular weight excluding hydrogens is 941 g/mol. The number of H-pyrrole nitrogens is 1. The standard InChI is InChI=1S/C51H66N4O17/c1-28-33(15-19-43(58)66-6)50(2,26-47(62)70-10)40(52-28)25-38-32(22-46(61)69-9)30(14-18-42(57)65-5)36(54-38)23-35-29(13-17-41(56)64-4)31(21-45(60)68-8)37(53-35)24-39-34(16-20-44(59)67-7)51(3,27-48(63)71-11)49(55-39)72-12/h23-25,33-34,53H,13-22,26-27H2,1-12H3/b36-23-,39-24-,40-25-/t33-,34-,50+,51+/m1/s1. The van der Waals surface area contributed by atoms with Crippen LogP contribution in [0.1, 0.15) is 107 Å². The Morgan fingerprint density at radius 1 is 0.514 bits per heavy atom. The summed E-state index contributed by atoms with van der Waals surface area (Å²) < 4.78 is 46.1. The van der Waals surface area contributed by atoms with Crippen molar-refractivity contribution in [1.82, 2.24) is 4.98 Å². The predicted octanol–water partition coefficient (Wildman–Crippen LogP) is 5.48. The zero-order chi connectivity index (χ0) is 53.5. The molecular formula is C51H66N4O17. The van der Waals surface area contributed by atoms with Crippen LogP contribution in [0.5, 0.6) is 0 Å². The minimum Gasteiger partial charge on any atom is -0.484 e. The van der Waals surface area contributed by atoms with Crippen LogP contribution in [0.3, 0.4) is 0 Å². The molecule has 0 aromatic carbocycles. The number of nitrogens with one attached hydrogen (secondary N) is 1. The number of hydrogen-bond acceptors (Lipinski definition) is 20. The van der Waals surface area contributed by atoms with Crippen molar-refractivity contribution in [3.05, 3.63) is 56.8 Å². The number of ether oxygens (including phenoxy) is 9. The number of esters is 8. The number of rotatable bonds is 23. The third kappa shape index (κ3) is 13.6. The number of carbonyl (C=O) groups is 8. The lowest BCUT2D eigenvalue weighted by Crippen LogP contribution is -2.36. The van der Waals surface area contributed by atoms with E-state index in [2.05, 4.69) is 4.98 Å². The summed E-state index contributed by atoms with van der Waals surface area (Å²) in [6, 6.07) is 0. The van der Waals surface area contributed by atoms with Crippen LogP contribution in [0.25, 0.3) is 12.2 Å². The lowest BCUT2D eigenvalue weighted by Gasteiger charge is -2.31. The number of nitrogens with zero attached hydrogens (tertiary/aromatic N) is 3. The maximum absolute atomic E-state index is 13.3. The minimum absolute atomic E-state index is 0.0176. The van der Waals surface area contributed by atoms with Crippen LogP contribution in [0.4, 0.5) is 0 Å². The molecule has 4 heterocycles. The Kier molecular flexibility index (Phi) is 20.6. The van der Waals surface area contributed by atoms with E-state index in [4.69, 9.17) is 57.6 Å². The average molecular weight is 1010 g/mol. The van der Waals surface area contributed by atoms with E-state index >= 15 is 0 Å². The van der Waals surface area contributed by atoms with E-state index in [1.165, 1.54) is 64.0 Å². The summed E-state index contributed by atoms with van der Waals surface area (Å²) in [5.74, 6) is -5.22. The summed E-state index contributed by atoms with van der Waals surface area (Å²) in [7, 11) is 11.5. The van der Waals surface area contributed by atoms with Crippen LogP contribution in [0, 0.1) is 22.7 Å². The molecule has 1 aromatic heterocycles. The van der Waals surface area contributed by atoms with Crippen molar-refractivity contribution in [2.75, 3.05) is 64.0 Å². The van der Waals surface area contributed by atoms with Crippen LogP contribution in [-0.2, 0) is 93.8 Å². The van der Waals surface area contributed by atoms with Gasteiger partial charge in [-0.15, -0.1) is 0 Å². The molecule has 4 rings (SSSR count). The number of aromatic amines is 1. The molecule has 1 aromatic rings. The molecule has 0 fully saturated rings. The van der Waals surface area contributed by atoms with E-state index in [-0.39, 0.29) is 87.9 Å². The fraction of sp³-hybridized carbons (Fsp3) is 0.549. The van der Waals surface area contributed by atoms with Crippen molar-refractivity contribution in [2.45, 2.75) is 97.8 Å². The van der Waals surface area contributed by atoms with Gasteiger partial charge in [0.15, 0.2) is 5.90 Å². The smallest absolute Gasteiger partial charge is 0.310 e. The zero-order valence-corrected chi connectivity index (χ0v) is 43.2. The molecule has 3 aliphatic heterocycles. The van der Waals surface area contributed by atoms with Gasteiger partial charge in [0.05, 0.1) is 112 Å².